The van der Waals surface area contributed by atoms with Gasteiger partial charge in [-0.15, -0.1) is 10.2 Å². The van der Waals surface area contributed by atoms with Crippen molar-refractivity contribution in [2.24, 2.45) is 5.41 Å². The number of nitrogens with zero attached hydrogens (tertiary/aromatic N) is 4. The molecular weight excluding hydrogens is 262 g/mol. The summed E-state index contributed by atoms with van der Waals surface area (Å²) in [6.07, 6.45) is 0. The molecule has 0 saturated carbocycles. The average molecular weight is 285 g/mol. The Morgan fingerprint density at radius 2 is 1.95 bits per heavy atom. The highest BCUT2D eigenvalue weighted by molar-refractivity contribution is 5.58. The normalized spacial score (nSPS) is 18.6. The molecule has 112 valence electrons. The number of hydrogen-bond donors (Lipinski definition) is 1. The van der Waals surface area contributed by atoms with Gasteiger partial charge in [0, 0.05) is 30.0 Å². The zero-order valence-corrected chi connectivity index (χ0v) is 13.4. The van der Waals surface area contributed by atoms with Crippen molar-refractivity contribution in [3.05, 3.63) is 29.3 Å². The van der Waals surface area contributed by atoms with Crippen LogP contribution in [0.5, 0.6) is 0 Å². The summed E-state index contributed by atoms with van der Waals surface area (Å²) in [6, 6.07) is 4.36. The molecule has 3 heterocycles. The van der Waals surface area contributed by atoms with Crippen LogP contribution in [-0.2, 0) is 6.54 Å². The van der Waals surface area contributed by atoms with Crippen molar-refractivity contribution in [1.29, 1.82) is 0 Å². The quantitative estimate of drug-likeness (QED) is 0.875. The second kappa shape index (κ2) is 4.91. The minimum Gasteiger partial charge on any atom is -0.308 e. The number of pyridine rings is 1. The molecule has 3 rings (SSSR count). The van der Waals surface area contributed by atoms with E-state index in [0.29, 0.717) is 0 Å². The molecule has 0 aromatic carbocycles. The van der Waals surface area contributed by atoms with Crippen molar-refractivity contribution < 1.29 is 0 Å². The first kappa shape index (κ1) is 14.2. The molecule has 21 heavy (non-hydrogen) atoms. The summed E-state index contributed by atoms with van der Waals surface area (Å²) < 4.78 is 2.24. The molecule has 0 fully saturated rings. The molecule has 2 aromatic rings. The zero-order valence-electron chi connectivity index (χ0n) is 13.4. The highest BCUT2D eigenvalue weighted by Gasteiger charge is 2.34. The molecule has 1 aliphatic heterocycles. The first-order valence-electron chi connectivity index (χ1n) is 7.49. The molecule has 1 aliphatic rings. The fourth-order valence-corrected chi connectivity index (χ4v) is 2.98. The molecule has 0 aliphatic carbocycles. The number of aromatic nitrogens is 4. The predicted molar refractivity (Wildman–Crippen MR) is 82.9 cm³/mol. The topological polar surface area (TPSA) is 55.6 Å². The third kappa shape index (κ3) is 2.46. The van der Waals surface area contributed by atoms with E-state index >= 15 is 0 Å². The van der Waals surface area contributed by atoms with E-state index in [0.717, 1.165) is 41.7 Å². The summed E-state index contributed by atoms with van der Waals surface area (Å²) in [6.45, 7) is 12.6. The number of nitrogens with one attached hydrogen (secondary N) is 1. The Bertz CT molecular complexity index is 666. The van der Waals surface area contributed by atoms with Crippen LogP contribution in [0.25, 0.3) is 11.4 Å². The molecule has 0 amide bonds. The predicted octanol–water partition coefficient (Wildman–Crippen LogP) is 2.65. The van der Waals surface area contributed by atoms with Crippen LogP contribution in [0.15, 0.2) is 12.1 Å². The molecule has 0 radical (unpaired) electrons. The Morgan fingerprint density at radius 1 is 1.19 bits per heavy atom. The maximum atomic E-state index is 4.55. The highest BCUT2D eigenvalue weighted by atomic mass is 15.3. The Kier molecular flexibility index (Phi) is 3.32. The number of aryl methyl sites for hydroxylation is 2. The van der Waals surface area contributed by atoms with Gasteiger partial charge < -0.3 is 9.88 Å². The zero-order chi connectivity index (χ0) is 15.2. The van der Waals surface area contributed by atoms with Crippen molar-refractivity contribution in [2.45, 2.75) is 47.2 Å². The van der Waals surface area contributed by atoms with Crippen LogP contribution in [0, 0.1) is 19.3 Å². The molecule has 1 unspecified atom stereocenters. The molecule has 0 bridgehead atoms. The lowest BCUT2D eigenvalue weighted by Gasteiger charge is -2.34. The highest BCUT2D eigenvalue weighted by Crippen LogP contribution is 2.35. The van der Waals surface area contributed by atoms with Crippen LogP contribution in [0.2, 0.25) is 0 Å². The minimum atomic E-state index is 0.114. The minimum absolute atomic E-state index is 0.114. The van der Waals surface area contributed by atoms with Crippen molar-refractivity contribution >= 4 is 0 Å². The molecule has 0 saturated heterocycles. The van der Waals surface area contributed by atoms with Gasteiger partial charge in [-0.1, -0.05) is 20.8 Å². The van der Waals surface area contributed by atoms with E-state index in [-0.39, 0.29) is 11.5 Å². The third-order valence-corrected chi connectivity index (χ3v) is 4.05. The largest absolute Gasteiger partial charge is 0.308 e. The van der Waals surface area contributed by atoms with E-state index in [9.17, 15) is 0 Å². The smallest absolute Gasteiger partial charge is 0.165 e. The first-order chi connectivity index (χ1) is 9.88. The first-order valence-corrected chi connectivity index (χ1v) is 7.49. The third-order valence-electron chi connectivity index (χ3n) is 4.05. The van der Waals surface area contributed by atoms with Crippen molar-refractivity contribution in [3.8, 4) is 11.4 Å². The summed E-state index contributed by atoms with van der Waals surface area (Å²) in [5, 5.41) is 12.5. The van der Waals surface area contributed by atoms with Crippen molar-refractivity contribution in [2.75, 3.05) is 6.54 Å². The Balaban J connectivity index is 2.09. The van der Waals surface area contributed by atoms with Gasteiger partial charge in [-0.05, 0) is 31.4 Å². The molecule has 5 heteroatoms. The van der Waals surface area contributed by atoms with E-state index in [1.165, 1.54) is 0 Å². The van der Waals surface area contributed by atoms with E-state index in [1.807, 2.05) is 19.9 Å². The van der Waals surface area contributed by atoms with Crippen LogP contribution >= 0.6 is 0 Å². The summed E-state index contributed by atoms with van der Waals surface area (Å²) in [5.41, 5.74) is 3.23. The van der Waals surface area contributed by atoms with Crippen molar-refractivity contribution in [3.63, 3.8) is 0 Å². The van der Waals surface area contributed by atoms with E-state index in [4.69, 9.17) is 0 Å². The second-order valence-corrected chi connectivity index (χ2v) is 6.87. The number of hydrogen-bond acceptors (Lipinski definition) is 4. The van der Waals surface area contributed by atoms with Gasteiger partial charge in [0.1, 0.15) is 0 Å². The molecular formula is C16H23N5. The number of rotatable bonds is 1. The van der Waals surface area contributed by atoms with Gasteiger partial charge in [0.2, 0.25) is 0 Å². The summed E-state index contributed by atoms with van der Waals surface area (Å²) in [4.78, 5) is 4.55. The monoisotopic (exact) mass is 285 g/mol. The van der Waals surface area contributed by atoms with Crippen LogP contribution in [0.3, 0.4) is 0 Å². The molecule has 1 atom stereocenters. The maximum absolute atomic E-state index is 4.55. The second-order valence-electron chi connectivity index (χ2n) is 6.87. The van der Waals surface area contributed by atoms with Gasteiger partial charge in [-0.3, -0.25) is 4.98 Å². The summed E-state index contributed by atoms with van der Waals surface area (Å²) in [5.74, 6) is 1.97. The standard InChI is InChI=1S/C16H23N5/c1-10-6-7-12(11(2)18-10)14-19-20-15-13(16(3,4)5)17-8-9-21(14)15/h6-7,13,17H,8-9H2,1-5H3. The van der Waals surface area contributed by atoms with Gasteiger partial charge in [-0.2, -0.15) is 0 Å². The lowest BCUT2D eigenvalue weighted by molar-refractivity contribution is 0.234. The Hall–Kier alpha value is -1.75. The average Bonchev–Trinajstić information content (AvgIpc) is 2.81. The fraction of sp³-hybridized carbons (Fsp3) is 0.562. The fourth-order valence-electron chi connectivity index (χ4n) is 2.98. The van der Waals surface area contributed by atoms with Gasteiger partial charge in [0.15, 0.2) is 11.6 Å². The Labute approximate surface area is 125 Å². The SMILES string of the molecule is Cc1ccc(-c2nnc3n2CCNC3C(C)(C)C)c(C)n1. The lowest BCUT2D eigenvalue weighted by Crippen LogP contribution is -2.40. The maximum Gasteiger partial charge on any atom is 0.165 e. The van der Waals surface area contributed by atoms with Gasteiger partial charge >= 0.3 is 0 Å². The van der Waals surface area contributed by atoms with E-state index < -0.39 is 0 Å². The van der Waals surface area contributed by atoms with Crippen LogP contribution < -0.4 is 5.32 Å². The van der Waals surface area contributed by atoms with Crippen LogP contribution in [-0.4, -0.2) is 26.3 Å². The van der Waals surface area contributed by atoms with Crippen molar-refractivity contribution in [1.82, 2.24) is 25.1 Å². The summed E-state index contributed by atoms with van der Waals surface area (Å²) >= 11 is 0. The molecule has 0 spiro atoms. The Morgan fingerprint density at radius 3 is 2.62 bits per heavy atom. The summed E-state index contributed by atoms with van der Waals surface area (Å²) in [7, 11) is 0. The number of fused-ring (bicyclic) bond motifs is 1. The van der Waals surface area contributed by atoms with E-state index in [2.05, 4.69) is 51.9 Å². The van der Waals surface area contributed by atoms with Gasteiger partial charge in [0.05, 0.1) is 6.04 Å². The van der Waals surface area contributed by atoms with E-state index in [1.54, 1.807) is 0 Å². The molecule has 2 aromatic heterocycles. The molecule has 5 nitrogen and oxygen atoms in total. The van der Waals surface area contributed by atoms with Crippen LogP contribution in [0.4, 0.5) is 0 Å². The van der Waals surface area contributed by atoms with Gasteiger partial charge in [0.25, 0.3) is 0 Å². The molecule has 1 N–H and O–H groups in total. The van der Waals surface area contributed by atoms with Gasteiger partial charge in [-0.25, -0.2) is 0 Å². The van der Waals surface area contributed by atoms with Crippen LogP contribution in [0.1, 0.15) is 44.0 Å². The lowest BCUT2D eigenvalue weighted by atomic mass is 9.85.